The number of amides is 1. The highest BCUT2D eigenvalue weighted by molar-refractivity contribution is 5.97. The Morgan fingerprint density at radius 1 is 1.30 bits per heavy atom. The maximum atomic E-state index is 12.9. The Morgan fingerprint density at radius 2 is 2.13 bits per heavy atom. The Hall–Kier alpha value is -2.36. The van der Waals surface area contributed by atoms with Crippen LogP contribution in [0, 0.1) is 12.8 Å². The third-order valence-electron chi connectivity index (χ3n) is 5.17. The molecule has 0 N–H and O–H groups in total. The van der Waals surface area contributed by atoms with E-state index < -0.39 is 0 Å². The number of para-hydroxylation sites is 1. The van der Waals surface area contributed by atoms with Crippen molar-refractivity contribution in [2.75, 3.05) is 18.6 Å². The molecule has 2 aromatic rings. The predicted octanol–water partition coefficient (Wildman–Crippen LogP) is 3.09. The number of nitrogens with zero attached hydrogens (tertiary/aromatic N) is 2. The lowest BCUT2D eigenvalue weighted by Gasteiger charge is -2.27. The zero-order valence-corrected chi connectivity index (χ0v) is 13.5. The third-order valence-corrected chi connectivity index (χ3v) is 5.17. The van der Waals surface area contributed by atoms with Crippen molar-refractivity contribution in [1.82, 2.24) is 4.98 Å². The van der Waals surface area contributed by atoms with Crippen LogP contribution in [0.4, 0.5) is 5.82 Å². The minimum atomic E-state index is -0.0368. The molecule has 2 atom stereocenters. The molecule has 1 aliphatic heterocycles. The molecule has 1 aliphatic carbocycles. The molecule has 2 aliphatic rings. The number of aromatic nitrogens is 1. The maximum Gasteiger partial charge on any atom is 0.231 e. The van der Waals surface area contributed by atoms with Gasteiger partial charge in [0.1, 0.15) is 11.6 Å². The number of ether oxygens (including phenoxy) is 1. The van der Waals surface area contributed by atoms with E-state index in [1.54, 1.807) is 11.1 Å². The minimum Gasteiger partial charge on any atom is -0.493 e. The number of benzene rings is 1. The van der Waals surface area contributed by atoms with Crippen molar-refractivity contribution in [3.05, 3.63) is 53.7 Å². The lowest BCUT2D eigenvalue weighted by Crippen LogP contribution is -2.33. The van der Waals surface area contributed by atoms with Gasteiger partial charge in [0.2, 0.25) is 5.91 Å². The third kappa shape index (κ3) is 2.21. The maximum absolute atomic E-state index is 12.9. The molecule has 4 rings (SSSR count). The van der Waals surface area contributed by atoms with Gasteiger partial charge >= 0.3 is 0 Å². The van der Waals surface area contributed by atoms with Crippen LogP contribution in [0.2, 0.25) is 0 Å². The van der Waals surface area contributed by atoms with Crippen LogP contribution >= 0.6 is 0 Å². The lowest BCUT2D eigenvalue weighted by molar-refractivity contribution is -0.120. The second-order valence-electron chi connectivity index (χ2n) is 6.60. The number of carbonyl (C=O) groups is 1. The molecule has 23 heavy (non-hydrogen) atoms. The Bertz CT molecular complexity index is 756. The molecule has 0 radical (unpaired) electrons. The molecule has 118 valence electrons. The number of rotatable bonds is 2. The Balaban J connectivity index is 1.59. The summed E-state index contributed by atoms with van der Waals surface area (Å²) in [5, 5.41) is 0. The molecule has 1 aromatic carbocycles. The summed E-state index contributed by atoms with van der Waals surface area (Å²) in [6, 6.07) is 12.0. The number of anilines is 1. The molecule has 2 heterocycles. The Kier molecular flexibility index (Phi) is 3.15. The van der Waals surface area contributed by atoms with Crippen molar-refractivity contribution in [2.45, 2.75) is 25.2 Å². The van der Waals surface area contributed by atoms with Gasteiger partial charge < -0.3 is 4.74 Å². The quantitative estimate of drug-likeness (QED) is 0.856. The molecule has 1 fully saturated rings. The number of hydrogen-bond donors (Lipinski definition) is 0. The first kappa shape index (κ1) is 14.2. The summed E-state index contributed by atoms with van der Waals surface area (Å²) in [5.74, 6) is 1.83. The molecular formula is C19H20N2O2. The molecule has 0 bridgehead atoms. The molecule has 0 unspecified atom stereocenters. The van der Waals surface area contributed by atoms with Gasteiger partial charge in [0, 0.05) is 30.1 Å². The molecule has 0 saturated heterocycles. The normalized spacial score (nSPS) is 24.7. The van der Waals surface area contributed by atoms with Crippen LogP contribution in [0.25, 0.3) is 0 Å². The number of hydrogen-bond acceptors (Lipinski definition) is 3. The fourth-order valence-corrected chi connectivity index (χ4v) is 3.69. The van der Waals surface area contributed by atoms with Gasteiger partial charge in [-0.3, -0.25) is 9.69 Å². The second kappa shape index (κ2) is 5.08. The highest BCUT2D eigenvalue weighted by atomic mass is 16.5. The van der Waals surface area contributed by atoms with Crippen LogP contribution < -0.4 is 9.64 Å². The average molecular weight is 308 g/mol. The summed E-state index contributed by atoms with van der Waals surface area (Å²) >= 11 is 0. The van der Waals surface area contributed by atoms with E-state index >= 15 is 0 Å². The van der Waals surface area contributed by atoms with Crippen molar-refractivity contribution in [3.8, 4) is 5.75 Å². The van der Waals surface area contributed by atoms with Gasteiger partial charge in [-0.15, -0.1) is 0 Å². The molecule has 4 heteroatoms. The smallest absolute Gasteiger partial charge is 0.231 e. The largest absolute Gasteiger partial charge is 0.493 e. The zero-order chi connectivity index (χ0) is 16.0. The van der Waals surface area contributed by atoms with Gasteiger partial charge in [0.25, 0.3) is 0 Å². The van der Waals surface area contributed by atoms with Gasteiger partial charge in [-0.2, -0.15) is 0 Å². The number of pyridine rings is 1. The van der Waals surface area contributed by atoms with Gasteiger partial charge in [0.05, 0.1) is 6.61 Å². The van der Waals surface area contributed by atoms with Crippen molar-refractivity contribution in [3.63, 3.8) is 0 Å². The van der Waals surface area contributed by atoms with Crippen molar-refractivity contribution < 1.29 is 9.53 Å². The van der Waals surface area contributed by atoms with Crippen molar-refractivity contribution >= 4 is 11.7 Å². The monoisotopic (exact) mass is 308 g/mol. The van der Waals surface area contributed by atoms with E-state index in [0.717, 1.165) is 24.2 Å². The highest BCUT2D eigenvalue weighted by Crippen LogP contribution is 2.61. The summed E-state index contributed by atoms with van der Waals surface area (Å²) in [7, 11) is 1.82. The standard InChI is InChI=1S/C19H20N2O2/c1-13-7-8-17(20-12-13)21(2)18(22)15-11-19(15)9-10-23-16-6-4-3-5-14(16)19/h3-8,12,15H,9-11H2,1-2H3/t15-,19-/m0/s1. The summed E-state index contributed by atoms with van der Waals surface area (Å²) in [5.41, 5.74) is 2.25. The Morgan fingerprint density at radius 3 is 2.91 bits per heavy atom. The Labute approximate surface area is 136 Å². The van der Waals surface area contributed by atoms with Crippen LogP contribution in [0.5, 0.6) is 5.75 Å². The molecule has 1 aromatic heterocycles. The zero-order valence-electron chi connectivity index (χ0n) is 13.5. The van der Waals surface area contributed by atoms with Gasteiger partial charge in [-0.05, 0) is 37.5 Å². The van der Waals surface area contributed by atoms with Crippen LogP contribution in [0.15, 0.2) is 42.6 Å². The van der Waals surface area contributed by atoms with Crippen molar-refractivity contribution in [2.24, 2.45) is 5.92 Å². The number of fused-ring (bicyclic) bond motifs is 2. The first-order valence-electron chi connectivity index (χ1n) is 8.04. The minimum absolute atomic E-state index is 0.0284. The highest BCUT2D eigenvalue weighted by Gasteiger charge is 2.61. The van der Waals surface area contributed by atoms with Crippen LogP contribution in [0.3, 0.4) is 0 Å². The van der Waals surface area contributed by atoms with E-state index in [1.165, 1.54) is 5.56 Å². The van der Waals surface area contributed by atoms with Crippen LogP contribution in [0.1, 0.15) is 24.0 Å². The fourth-order valence-electron chi connectivity index (χ4n) is 3.69. The summed E-state index contributed by atoms with van der Waals surface area (Å²) < 4.78 is 5.75. The predicted molar refractivity (Wildman–Crippen MR) is 88.7 cm³/mol. The molecular weight excluding hydrogens is 288 g/mol. The van der Waals surface area contributed by atoms with Crippen LogP contribution in [-0.2, 0) is 10.2 Å². The fraction of sp³-hybridized carbons (Fsp3) is 0.368. The number of aryl methyl sites for hydroxylation is 1. The first-order valence-corrected chi connectivity index (χ1v) is 8.04. The van der Waals surface area contributed by atoms with E-state index in [2.05, 4.69) is 11.1 Å². The van der Waals surface area contributed by atoms with Crippen molar-refractivity contribution in [1.29, 1.82) is 0 Å². The van der Waals surface area contributed by atoms with Gasteiger partial charge in [-0.1, -0.05) is 24.3 Å². The summed E-state index contributed by atoms with van der Waals surface area (Å²) in [6.07, 6.45) is 3.61. The summed E-state index contributed by atoms with van der Waals surface area (Å²) in [6.45, 7) is 2.68. The lowest BCUT2D eigenvalue weighted by atomic mass is 9.87. The molecule has 1 spiro atoms. The topological polar surface area (TPSA) is 42.4 Å². The van der Waals surface area contributed by atoms with Gasteiger partial charge in [0.15, 0.2) is 0 Å². The second-order valence-corrected chi connectivity index (χ2v) is 6.60. The summed E-state index contributed by atoms with van der Waals surface area (Å²) in [4.78, 5) is 19.0. The van der Waals surface area contributed by atoms with E-state index in [9.17, 15) is 4.79 Å². The van der Waals surface area contributed by atoms with E-state index in [4.69, 9.17) is 4.74 Å². The number of carbonyl (C=O) groups excluding carboxylic acids is 1. The molecule has 4 nitrogen and oxygen atoms in total. The SMILES string of the molecule is Cc1ccc(N(C)C(=O)[C@@H]2C[C@]23CCOc2ccccc23)nc1. The first-order chi connectivity index (χ1) is 11.1. The van der Waals surface area contributed by atoms with E-state index in [-0.39, 0.29) is 17.2 Å². The molecule has 1 saturated carbocycles. The van der Waals surface area contributed by atoms with E-state index in [1.807, 2.05) is 44.3 Å². The molecule has 1 amide bonds. The average Bonchev–Trinajstić information content (AvgIpc) is 3.29. The van der Waals surface area contributed by atoms with Gasteiger partial charge in [-0.25, -0.2) is 4.98 Å². The van der Waals surface area contributed by atoms with E-state index in [0.29, 0.717) is 12.4 Å². The van der Waals surface area contributed by atoms with Crippen LogP contribution in [-0.4, -0.2) is 24.5 Å².